The lowest BCUT2D eigenvalue weighted by Crippen LogP contribution is -2.37. The van der Waals surface area contributed by atoms with Gasteiger partial charge in [0.25, 0.3) is 0 Å². The molecule has 2 N–H and O–H groups in total. The number of ether oxygens (including phenoxy) is 2. The molecular formula is C20H26N6O2. The zero-order valence-electron chi connectivity index (χ0n) is 16.5. The average Bonchev–Trinajstić information content (AvgIpc) is 3.14. The molecule has 0 spiro atoms. The minimum absolute atomic E-state index is 0.514. The zero-order chi connectivity index (χ0) is 19.8. The third-order valence-electron chi connectivity index (χ3n) is 4.09. The van der Waals surface area contributed by atoms with E-state index in [1.54, 1.807) is 7.11 Å². The van der Waals surface area contributed by atoms with E-state index in [-0.39, 0.29) is 0 Å². The van der Waals surface area contributed by atoms with E-state index in [0.717, 1.165) is 35.1 Å². The van der Waals surface area contributed by atoms with Gasteiger partial charge in [-0.05, 0) is 43.7 Å². The van der Waals surface area contributed by atoms with E-state index in [0.29, 0.717) is 25.7 Å². The Hall–Kier alpha value is -3.29. The maximum absolute atomic E-state index is 5.64. The Morgan fingerprint density at radius 2 is 2.00 bits per heavy atom. The zero-order valence-corrected chi connectivity index (χ0v) is 16.5. The van der Waals surface area contributed by atoms with E-state index in [1.807, 2.05) is 60.8 Å². The van der Waals surface area contributed by atoms with Gasteiger partial charge < -0.3 is 20.1 Å². The van der Waals surface area contributed by atoms with Crippen molar-refractivity contribution in [1.82, 2.24) is 25.2 Å². The van der Waals surface area contributed by atoms with E-state index in [9.17, 15) is 0 Å². The number of aliphatic imine (C=N–C) groups is 1. The van der Waals surface area contributed by atoms with Crippen LogP contribution in [0.25, 0.3) is 5.65 Å². The standard InChI is InChI=1S/C20H26N6O2/c1-4-21-20(23-14-19-25-24-18-8-6-7-11-26(18)19)22-13-15-9-10-16(27-3)17(12-15)28-5-2/h6-12H,4-5,13-14H2,1-3H3,(H2,21,22,23). The van der Waals surface area contributed by atoms with Gasteiger partial charge in [0.05, 0.1) is 26.8 Å². The van der Waals surface area contributed by atoms with Crippen molar-refractivity contribution in [3.63, 3.8) is 0 Å². The van der Waals surface area contributed by atoms with Crippen molar-refractivity contribution in [2.75, 3.05) is 20.3 Å². The number of aromatic nitrogens is 3. The van der Waals surface area contributed by atoms with Crippen LogP contribution in [0.1, 0.15) is 25.2 Å². The summed E-state index contributed by atoms with van der Waals surface area (Å²) in [4.78, 5) is 4.66. The fourth-order valence-electron chi connectivity index (χ4n) is 2.77. The molecule has 0 aliphatic rings. The Kier molecular flexibility index (Phi) is 6.67. The molecular weight excluding hydrogens is 356 g/mol. The third kappa shape index (κ3) is 4.70. The van der Waals surface area contributed by atoms with Crippen LogP contribution in [0, 0.1) is 0 Å². The number of nitrogens with one attached hydrogen (secondary N) is 2. The molecule has 0 saturated carbocycles. The van der Waals surface area contributed by atoms with E-state index < -0.39 is 0 Å². The SMILES string of the molecule is CCNC(=NCc1ccc(OC)c(OCC)c1)NCc1nnc2ccccn12. The lowest BCUT2D eigenvalue weighted by Gasteiger charge is -2.12. The number of nitrogens with zero attached hydrogens (tertiary/aromatic N) is 4. The predicted octanol–water partition coefficient (Wildman–Crippen LogP) is 2.39. The van der Waals surface area contributed by atoms with Crippen LogP contribution < -0.4 is 20.1 Å². The molecule has 0 bridgehead atoms. The van der Waals surface area contributed by atoms with Gasteiger partial charge in [-0.15, -0.1) is 10.2 Å². The maximum atomic E-state index is 5.64. The van der Waals surface area contributed by atoms with Crippen LogP contribution in [0.4, 0.5) is 0 Å². The normalized spacial score (nSPS) is 11.5. The molecule has 0 aliphatic carbocycles. The molecule has 3 rings (SSSR count). The summed E-state index contributed by atoms with van der Waals surface area (Å²) in [5, 5.41) is 15.0. The Balaban J connectivity index is 1.69. The second-order valence-corrected chi connectivity index (χ2v) is 6.01. The van der Waals surface area contributed by atoms with Crippen LogP contribution in [-0.2, 0) is 13.1 Å². The van der Waals surface area contributed by atoms with E-state index in [2.05, 4.69) is 25.8 Å². The van der Waals surface area contributed by atoms with E-state index >= 15 is 0 Å². The highest BCUT2D eigenvalue weighted by Crippen LogP contribution is 2.28. The monoisotopic (exact) mass is 382 g/mol. The molecule has 0 aliphatic heterocycles. The highest BCUT2D eigenvalue weighted by Gasteiger charge is 2.07. The highest BCUT2D eigenvalue weighted by molar-refractivity contribution is 5.79. The molecule has 28 heavy (non-hydrogen) atoms. The summed E-state index contributed by atoms with van der Waals surface area (Å²) in [7, 11) is 1.64. The van der Waals surface area contributed by atoms with Gasteiger partial charge in [0.2, 0.25) is 0 Å². The van der Waals surface area contributed by atoms with Gasteiger partial charge >= 0.3 is 0 Å². The van der Waals surface area contributed by atoms with Gasteiger partial charge in [-0.3, -0.25) is 4.40 Å². The van der Waals surface area contributed by atoms with Crippen molar-refractivity contribution in [2.45, 2.75) is 26.9 Å². The van der Waals surface area contributed by atoms with Crippen LogP contribution in [0.2, 0.25) is 0 Å². The summed E-state index contributed by atoms with van der Waals surface area (Å²) in [6.07, 6.45) is 1.95. The van der Waals surface area contributed by atoms with Gasteiger partial charge in [-0.1, -0.05) is 12.1 Å². The molecule has 3 aromatic rings. The molecule has 0 radical (unpaired) electrons. The molecule has 0 fully saturated rings. The number of guanidine groups is 1. The average molecular weight is 382 g/mol. The van der Waals surface area contributed by atoms with Gasteiger partial charge in [0, 0.05) is 12.7 Å². The minimum atomic E-state index is 0.514. The Morgan fingerprint density at radius 1 is 1.11 bits per heavy atom. The van der Waals surface area contributed by atoms with Gasteiger partial charge in [0.1, 0.15) is 0 Å². The fourth-order valence-corrected chi connectivity index (χ4v) is 2.77. The molecule has 0 saturated heterocycles. The first kappa shape index (κ1) is 19.5. The molecule has 148 valence electrons. The molecule has 8 heteroatoms. The third-order valence-corrected chi connectivity index (χ3v) is 4.09. The Bertz CT molecular complexity index is 937. The number of methoxy groups -OCH3 is 1. The number of rotatable bonds is 8. The van der Waals surface area contributed by atoms with E-state index in [1.165, 1.54) is 0 Å². The number of pyridine rings is 1. The van der Waals surface area contributed by atoms with Gasteiger partial charge in [-0.2, -0.15) is 0 Å². The summed E-state index contributed by atoms with van der Waals surface area (Å²) in [6, 6.07) is 11.7. The first-order valence-electron chi connectivity index (χ1n) is 9.35. The summed E-state index contributed by atoms with van der Waals surface area (Å²) >= 11 is 0. The van der Waals surface area contributed by atoms with Gasteiger partial charge in [-0.25, -0.2) is 4.99 Å². The van der Waals surface area contributed by atoms with E-state index in [4.69, 9.17) is 9.47 Å². The minimum Gasteiger partial charge on any atom is -0.493 e. The number of benzene rings is 1. The molecule has 0 unspecified atom stereocenters. The lowest BCUT2D eigenvalue weighted by atomic mass is 10.2. The van der Waals surface area contributed by atoms with Crippen molar-refractivity contribution in [3.05, 3.63) is 54.0 Å². The Labute approximate surface area is 164 Å². The van der Waals surface area contributed by atoms with Crippen LogP contribution in [0.3, 0.4) is 0 Å². The van der Waals surface area contributed by atoms with Crippen molar-refractivity contribution < 1.29 is 9.47 Å². The summed E-state index contributed by atoms with van der Waals surface area (Å²) in [5.41, 5.74) is 1.86. The summed E-state index contributed by atoms with van der Waals surface area (Å²) in [6.45, 7) is 6.36. The molecule has 0 atom stereocenters. The molecule has 2 heterocycles. The molecule has 1 aromatic carbocycles. The summed E-state index contributed by atoms with van der Waals surface area (Å²) in [5.74, 6) is 2.98. The topological polar surface area (TPSA) is 85.1 Å². The van der Waals surface area contributed by atoms with Crippen LogP contribution in [0.15, 0.2) is 47.6 Å². The van der Waals surface area contributed by atoms with Crippen molar-refractivity contribution in [2.24, 2.45) is 4.99 Å². The largest absolute Gasteiger partial charge is 0.493 e. The number of fused-ring (bicyclic) bond motifs is 1. The smallest absolute Gasteiger partial charge is 0.191 e. The molecule has 0 amide bonds. The second kappa shape index (κ2) is 9.59. The number of hydrogen-bond acceptors (Lipinski definition) is 5. The number of hydrogen-bond donors (Lipinski definition) is 2. The second-order valence-electron chi connectivity index (χ2n) is 6.01. The van der Waals surface area contributed by atoms with Crippen LogP contribution >= 0.6 is 0 Å². The van der Waals surface area contributed by atoms with Gasteiger partial charge in [0.15, 0.2) is 28.9 Å². The highest BCUT2D eigenvalue weighted by atomic mass is 16.5. The van der Waals surface area contributed by atoms with Crippen molar-refractivity contribution in [3.8, 4) is 11.5 Å². The summed E-state index contributed by atoms with van der Waals surface area (Å²) < 4.78 is 12.9. The Morgan fingerprint density at radius 3 is 2.79 bits per heavy atom. The van der Waals surface area contributed by atoms with Crippen molar-refractivity contribution >= 4 is 11.6 Å². The first-order chi connectivity index (χ1) is 13.7. The predicted molar refractivity (Wildman–Crippen MR) is 109 cm³/mol. The lowest BCUT2D eigenvalue weighted by molar-refractivity contribution is 0.310. The maximum Gasteiger partial charge on any atom is 0.191 e. The molecule has 2 aromatic heterocycles. The fraction of sp³-hybridized carbons (Fsp3) is 0.350. The first-order valence-corrected chi connectivity index (χ1v) is 9.35. The molecule has 8 nitrogen and oxygen atoms in total. The van der Waals surface area contributed by atoms with Crippen LogP contribution in [0.5, 0.6) is 11.5 Å². The van der Waals surface area contributed by atoms with Crippen molar-refractivity contribution in [1.29, 1.82) is 0 Å². The van der Waals surface area contributed by atoms with Crippen LogP contribution in [-0.4, -0.2) is 40.8 Å². The quantitative estimate of drug-likeness (QED) is 0.460.